The average molecular weight is 264 g/mol. The fourth-order valence-electron chi connectivity index (χ4n) is 1.59. The first kappa shape index (κ1) is 12.6. The molecule has 2 aromatic rings. The number of hydrogen-bond donors (Lipinski definition) is 1. The molecule has 0 fully saturated rings. The Bertz CT molecular complexity index is 576. The summed E-state index contributed by atoms with van der Waals surface area (Å²) in [6.07, 6.45) is 0. The molecule has 0 amide bonds. The van der Waals surface area contributed by atoms with E-state index in [0.29, 0.717) is 22.4 Å². The van der Waals surface area contributed by atoms with Crippen LogP contribution in [0.3, 0.4) is 0 Å². The number of halogens is 1. The molecular weight excluding hydrogens is 250 g/mol. The van der Waals surface area contributed by atoms with E-state index in [1.54, 1.807) is 19.2 Å². The first-order valence-corrected chi connectivity index (χ1v) is 5.85. The summed E-state index contributed by atoms with van der Waals surface area (Å²) in [6, 6.07) is 5.41. The highest BCUT2D eigenvalue weighted by atomic mass is 35.5. The minimum Gasteiger partial charge on any atom is -0.495 e. The van der Waals surface area contributed by atoms with Crippen LogP contribution >= 0.6 is 11.6 Å². The Kier molecular flexibility index (Phi) is 3.39. The van der Waals surface area contributed by atoms with Crippen molar-refractivity contribution in [3.63, 3.8) is 0 Å². The van der Waals surface area contributed by atoms with Gasteiger partial charge < -0.3 is 10.5 Å². The first-order chi connectivity index (χ1) is 8.52. The lowest BCUT2D eigenvalue weighted by molar-refractivity contribution is 0.415. The summed E-state index contributed by atoms with van der Waals surface area (Å²) in [6.45, 7) is 3.80. The number of rotatable bonds is 2. The second-order valence-electron chi connectivity index (χ2n) is 3.99. The number of aromatic nitrogens is 2. The highest BCUT2D eigenvalue weighted by Gasteiger charge is 2.09. The number of aryl methyl sites for hydroxylation is 1. The normalized spacial score (nSPS) is 10.4. The Morgan fingerprint density at radius 1 is 1.22 bits per heavy atom. The summed E-state index contributed by atoms with van der Waals surface area (Å²) in [7, 11) is 1.57. The van der Waals surface area contributed by atoms with Gasteiger partial charge in [0.05, 0.1) is 12.1 Å². The minimum absolute atomic E-state index is 0.490. The van der Waals surface area contributed by atoms with Crippen molar-refractivity contribution in [2.24, 2.45) is 0 Å². The number of methoxy groups -OCH3 is 1. The lowest BCUT2D eigenvalue weighted by Crippen LogP contribution is -2.02. The number of benzene rings is 1. The molecule has 0 bridgehead atoms. The second-order valence-corrected chi connectivity index (χ2v) is 4.40. The molecule has 2 rings (SSSR count). The summed E-state index contributed by atoms with van der Waals surface area (Å²) in [5.74, 6) is 1.68. The van der Waals surface area contributed by atoms with Gasteiger partial charge in [-0.3, -0.25) is 0 Å². The van der Waals surface area contributed by atoms with E-state index in [-0.39, 0.29) is 0 Å². The second kappa shape index (κ2) is 4.82. The Labute approximate surface area is 111 Å². The fourth-order valence-corrected chi connectivity index (χ4v) is 1.84. The molecule has 0 saturated heterocycles. The summed E-state index contributed by atoms with van der Waals surface area (Å²) < 4.78 is 5.10. The highest BCUT2D eigenvalue weighted by Crippen LogP contribution is 2.29. The molecule has 0 saturated carbocycles. The van der Waals surface area contributed by atoms with Gasteiger partial charge in [0.15, 0.2) is 5.82 Å². The monoisotopic (exact) mass is 263 g/mol. The molecule has 2 N–H and O–H groups in total. The van der Waals surface area contributed by atoms with Crippen molar-refractivity contribution < 1.29 is 4.74 Å². The van der Waals surface area contributed by atoms with E-state index in [1.807, 2.05) is 19.9 Å². The maximum atomic E-state index is 6.08. The largest absolute Gasteiger partial charge is 0.495 e. The molecule has 0 radical (unpaired) electrons. The summed E-state index contributed by atoms with van der Waals surface area (Å²) in [4.78, 5) is 8.68. The van der Waals surface area contributed by atoms with Crippen LogP contribution in [0.4, 0.5) is 5.82 Å². The van der Waals surface area contributed by atoms with Gasteiger partial charge >= 0.3 is 0 Å². The van der Waals surface area contributed by atoms with Crippen LogP contribution in [-0.2, 0) is 0 Å². The minimum atomic E-state index is 0.490. The molecule has 0 atom stereocenters. The fraction of sp³-hybridized carbons (Fsp3) is 0.231. The molecular formula is C13H14ClN3O. The van der Waals surface area contributed by atoms with Crippen LogP contribution in [0.25, 0.3) is 11.4 Å². The highest BCUT2D eigenvalue weighted by molar-refractivity contribution is 6.32. The predicted octanol–water partition coefficient (Wildman–Crippen LogP) is 3.00. The van der Waals surface area contributed by atoms with Gasteiger partial charge in [-0.1, -0.05) is 11.6 Å². The van der Waals surface area contributed by atoms with E-state index in [0.717, 1.165) is 16.8 Å². The van der Waals surface area contributed by atoms with Crippen molar-refractivity contribution in [1.82, 2.24) is 9.97 Å². The third-order valence-electron chi connectivity index (χ3n) is 2.84. The summed E-state index contributed by atoms with van der Waals surface area (Å²) >= 11 is 6.08. The zero-order valence-electron chi connectivity index (χ0n) is 10.5. The van der Waals surface area contributed by atoms with Crippen LogP contribution in [0, 0.1) is 13.8 Å². The molecule has 1 aromatic heterocycles. The molecule has 0 spiro atoms. The van der Waals surface area contributed by atoms with Crippen LogP contribution in [0.15, 0.2) is 18.2 Å². The molecule has 4 nitrogen and oxygen atoms in total. The summed E-state index contributed by atoms with van der Waals surface area (Å²) in [5, 5.41) is 0.524. The van der Waals surface area contributed by atoms with Gasteiger partial charge in [0.1, 0.15) is 11.6 Å². The molecule has 0 unspecified atom stereocenters. The van der Waals surface area contributed by atoms with Crippen LogP contribution in [0.2, 0.25) is 5.02 Å². The maximum Gasteiger partial charge on any atom is 0.161 e. The smallest absolute Gasteiger partial charge is 0.161 e. The van der Waals surface area contributed by atoms with Gasteiger partial charge in [0.2, 0.25) is 0 Å². The topological polar surface area (TPSA) is 61.0 Å². The van der Waals surface area contributed by atoms with Gasteiger partial charge in [0, 0.05) is 16.8 Å². The zero-order chi connectivity index (χ0) is 13.3. The van der Waals surface area contributed by atoms with E-state index in [9.17, 15) is 0 Å². The van der Waals surface area contributed by atoms with E-state index >= 15 is 0 Å². The van der Waals surface area contributed by atoms with Gasteiger partial charge in [-0.15, -0.1) is 0 Å². The number of nitrogens with zero attached hydrogens (tertiary/aromatic N) is 2. The molecule has 0 aliphatic heterocycles. The molecule has 0 aliphatic rings. The van der Waals surface area contributed by atoms with Gasteiger partial charge in [-0.05, 0) is 32.0 Å². The van der Waals surface area contributed by atoms with Crippen molar-refractivity contribution in [3.05, 3.63) is 34.5 Å². The first-order valence-electron chi connectivity index (χ1n) is 5.47. The van der Waals surface area contributed by atoms with E-state index < -0.39 is 0 Å². The van der Waals surface area contributed by atoms with E-state index in [2.05, 4.69) is 9.97 Å². The zero-order valence-corrected chi connectivity index (χ0v) is 11.2. The number of anilines is 1. The lowest BCUT2D eigenvalue weighted by atomic mass is 10.2. The quantitative estimate of drug-likeness (QED) is 0.905. The Balaban J connectivity index is 2.52. The van der Waals surface area contributed by atoms with Crippen LogP contribution in [0.1, 0.15) is 11.3 Å². The third-order valence-corrected chi connectivity index (χ3v) is 3.13. The molecule has 5 heteroatoms. The van der Waals surface area contributed by atoms with Crippen LogP contribution in [0.5, 0.6) is 5.75 Å². The standard InChI is InChI=1S/C13H14ClN3O/c1-7-8(2)16-13(17-12(7)15)9-4-5-11(18-3)10(14)6-9/h4-6H,1-3H3,(H2,15,16,17). The predicted molar refractivity (Wildman–Crippen MR) is 72.9 cm³/mol. The Hall–Kier alpha value is -1.81. The number of nitrogens with two attached hydrogens (primary N) is 1. The van der Waals surface area contributed by atoms with Crippen LogP contribution in [-0.4, -0.2) is 17.1 Å². The Morgan fingerprint density at radius 3 is 2.50 bits per heavy atom. The maximum absolute atomic E-state index is 6.08. The summed E-state index contributed by atoms with van der Waals surface area (Å²) in [5.41, 5.74) is 8.43. The number of hydrogen-bond acceptors (Lipinski definition) is 4. The lowest BCUT2D eigenvalue weighted by Gasteiger charge is -2.08. The van der Waals surface area contributed by atoms with Crippen molar-refractivity contribution >= 4 is 17.4 Å². The van der Waals surface area contributed by atoms with Crippen molar-refractivity contribution in [2.75, 3.05) is 12.8 Å². The van der Waals surface area contributed by atoms with Crippen molar-refractivity contribution in [1.29, 1.82) is 0 Å². The van der Waals surface area contributed by atoms with Crippen molar-refractivity contribution in [2.45, 2.75) is 13.8 Å². The van der Waals surface area contributed by atoms with Gasteiger partial charge in [-0.25, -0.2) is 9.97 Å². The third kappa shape index (κ3) is 2.24. The van der Waals surface area contributed by atoms with Gasteiger partial charge in [0.25, 0.3) is 0 Å². The Morgan fingerprint density at radius 2 is 1.94 bits per heavy atom. The van der Waals surface area contributed by atoms with Crippen molar-refractivity contribution in [3.8, 4) is 17.1 Å². The SMILES string of the molecule is COc1ccc(-c2nc(C)c(C)c(N)n2)cc1Cl. The van der Waals surface area contributed by atoms with Gasteiger partial charge in [-0.2, -0.15) is 0 Å². The molecule has 0 aliphatic carbocycles. The number of ether oxygens (including phenoxy) is 1. The van der Waals surface area contributed by atoms with E-state index in [1.165, 1.54) is 0 Å². The van der Waals surface area contributed by atoms with Crippen LogP contribution < -0.4 is 10.5 Å². The van der Waals surface area contributed by atoms with E-state index in [4.69, 9.17) is 22.1 Å². The molecule has 1 heterocycles. The number of nitrogen functional groups attached to an aromatic ring is 1. The molecule has 94 valence electrons. The average Bonchev–Trinajstić information content (AvgIpc) is 2.35. The molecule has 1 aromatic carbocycles. The molecule has 18 heavy (non-hydrogen) atoms.